The molecule has 0 spiro atoms. The van der Waals surface area contributed by atoms with Gasteiger partial charge in [0.25, 0.3) is 3.79 Å². The van der Waals surface area contributed by atoms with Gasteiger partial charge >= 0.3 is 6.18 Å². The van der Waals surface area contributed by atoms with Gasteiger partial charge < -0.3 is 20.4 Å². The maximum atomic E-state index is 12.3. The van der Waals surface area contributed by atoms with E-state index in [0.29, 0.717) is 5.12 Å². The number of ether oxygens (including phenoxy) is 1. The number of carbonyl (C=O) groups is 1. The van der Waals surface area contributed by atoms with Crippen LogP contribution >= 0.6 is 34.8 Å². The summed E-state index contributed by atoms with van der Waals surface area (Å²) in [5.41, 5.74) is 4.95. The molecule has 0 radical (unpaired) electrons. The first kappa shape index (κ1) is 17.2. The zero-order valence-electron chi connectivity index (χ0n) is 9.71. The molecule has 20 heavy (non-hydrogen) atoms. The molecule has 0 aromatic heterocycles. The first-order valence-electron chi connectivity index (χ1n) is 4.79. The van der Waals surface area contributed by atoms with Crippen LogP contribution in [0.15, 0.2) is 16.9 Å². The number of hydrogen-bond donors (Lipinski definition) is 1. The Morgan fingerprint density at radius 2 is 2.10 bits per heavy atom. The van der Waals surface area contributed by atoms with Gasteiger partial charge in [0.1, 0.15) is 5.76 Å². The van der Waals surface area contributed by atoms with Crippen molar-refractivity contribution in [1.29, 1.82) is 0 Å². The van der Waals surface area contributed by atoms with E-state index >= 15 is 0 Å². The summed E-state index contributed by atoms with van der Waals surface area (Å²) in [6.45, 7) is -0.327. The highest BCUT2D eigenvalue weighted by Gasteiger charge is 2.32. The Morgan fingerprint density at radius 1 is 1.50 bits per heavy atom. The molecule has 0 saturated heterocycles. The summed E-state index contributed by atoms with van der Waals surface area (Å²) >= 11 is 16.0. The van der Waals surface area contributed by atoms with Crippen molar-refractivity contribution in [3.8, 4) is 0 Å². The number of halogens is 6. The van der Waals surface area contributed by atoms with Crippen molar-refractivity contribution >= 4 is 46.4 Å². The van der Waals surface area contributed by atoms with E-state index in [-0.39, 0.29) is 12.3 Å². The number of ketones is 1. The third-order valence-electron chi connectivity index (χ3n) is 1.88. The van der Waals surface area contributed by atoms with Gasteiger partial charge in [-0.05, 0) is 0 Å². The topological polar surface area (TPSA) is 68.0 Å². The minimum Gasteiger partial charge on any atom is -0.499 e. The largest absolute Gasteiger partial charge is 0.499 e. The van der Waals surface area contributed by atoms with E-state index in [9.17, 15) is 18.0 Å². The Labute approximate surface area is 126 Å². The van der Waals surface area contributed by atoms with Crippen LogP contribution in [0.2, 0.25) is 0 Å². The first-order chi connectivity index (χ1) is 9.04. The molecule has 1 aliphatic rings. The lowest BCUT2D eigenvalue weighted by Gasteiger charge is -2.21. The maximum absolute atomic E-state index is 12.3. The van der Waals surface area contributed by atoms with Crippen molar-refractivity contribution in [2.75, 3.05) is 13.7 Å². The van der Waals surface area contributed by atoms with E-state index in [1.165, 1.54) is 7.11 Å². The van der Waals surface area contributed by atoms with Crippen LogP contribution in [0.3, 0.4) is 0 Å². The fourth-order valence-corrected chi connectivity index (χ4v) is 1.16. The predicted octanol–water partition coefficient (Wildman–Crippen LogP) is 2.44. The van der Waals surface area contributed by atoms with Crippen molar-refractivity contribution in [2.24, 2.45) is 5.10 Å². The summed E-state index contributed by atoms with van der Waals surface area (Å²) in [4.78, 5) is 11.4. The number of hydrazone groups is 1. The zero-order chi connectivity index (χ0) is 15.6. The molecule has 0 aromatic rings. The number of rotatable bonds is 4. The molecule has 1 N–H and O–H groups in total. The molecule has 12 heteroatoms. The highest BCUT2D eigenvalue weighted by Crippen LogP contribution is 2.28. The summed E-state index contributed by atoms with van der Waals surface area (Å²) in [6, 6.07) is 0. The smallest absolute Gasteiger partial charge is 0.411 e. The second-order valence-corrected chi connectivity index (χ2v) is 5.65. The van der Waals surface area contributed by atoms with Gasteiger partial charge in [-0.25, -0.2) is 5.53 Å². The second kappa shape index (κ2) is 6.25. The number of hydrogen-bond acceptors (Lipinski definition) is 5. The quantitative estimate of drug-likeness (QED) is 0.478. The minimum absolute atomic E-state index is 0.0730. The Hall–Kier alpha value is -0.900. The summed E-state index contributed by atoms with van der Waals surface area (Å²) in [7, 11) is 1.19. The molecule has 0 amide bonds. The standard InChI is InChI=1S/C8H7Cl3F3N4O2/c1-20-4(2-5(19)7(9,10)11)3-18-16-6(15-17-18)8(12,13)14/h2,17H,3H2,1H3/q-1/b4-2+. The minimum atomic E-state index is -4.69. The number of carbonyl (C=O) groups excluding carboxylic acids is 1. The molecule has 1 rings (SSSR count). The highest BCUT2D eigenvalue weighted by molar-refractivity contribution is 6.77. The van der Waals surface area contributed by atoms with E-state index in [1.54, 1.807) is 0 Å². The van der Waals surface area contributed by atoms with Crippen molar-refractivity contribution in [1.82, 2.24) is 10.7 Å². The zero-order valence-corrected chi connectivity index (χ0v) is 12.0. The lowest BCUT2D eigenvalue weighted by Crippen LogP contribution is -2.28. The molecule has 6 nitrogen and oxygen atoms in total. The average Bonchev–Trinajstić information content (AvgIpc) is 2.74. The van der Waals surface area contributed by atoms with Crippen molar-refractivity contribution < 1.29 is 22.7 Å². The molecule has 0 bridgehead atoms. The average molecular weight is 355 g/mol. The number of nitrogens with one attached hydrogen (secondary N) is 1. The van der Waals surface area contributed by atoms with E-state index in [4.69, 9.17) is 39.5 Å². The lowest BCUT2D eigenvalue weighted by atomic mass is 10.3. The summed E-state index contributed by atoms with van der Waals surface area (Å²) in [5.74, 6) is -2.34. The molecule has 0 aliphatic carbocycles. The first-order valence-corrected chi connectivity index (χ1v) is 5.93. The van der Waals surface area contributed by atoms with Crippen LogP contribution in [0.5, 0.6) is 0 Å². The molecule has 0 saturated carbocycles. The van der Waals surface area contributed by atoms with Crippen LogP contribution in [-0.2, 0) is 9.53 Å². The van der Waals surface area contributed by atoms with Crippen LogP contribution in [0.4, 0.5) is 13.2 Å². The van der Waals surface area contributed by atoms with Gasteiger partial charge in [-0.2, -0.15) is 13.2 Å². The van der Waals surface area contributed by atoms with Gasteiger partial charge in [-0.3, -0.25) is 4.79 Å². The van der Waals surface area contributed by atoms with Crippen molar-refractivity contribution in [3.05, 3.63) is 17.3 Å². The van der Waals surface area contributed by atoms with Gasteiger partial charge in [-0.15, -0.1) is 0 Å². The number of allylic oxidation sites excluding steroid dienone is 1. The monoisotopic (exact) mass is 353 g/mol. The fraction of sp³-hybridized carbons (Fsp3) is 0.500. The lowest BCUT2D eigenvalue weighted by molar-refractivity contribution is -0.114. The molecule has 0 fully saturated rings. The number of alkyl halides is 6. The molecule has 0 unspecified atom stereocenters. The highest BCUT2D eigenvalue weighted by atomic mass is 35.6. The van der Waals surface area contributed by atoms with Crippen LogP contribution in [-0.4, -0.2) is 40.4 Å². The molecular weight excluding hydrogens is 347 g/mol. The number of hydrazine groups is 1. The number of methoxy groups -OCH3 is 1. The van der Waals surface area contributed by atoms with Crippen LogP contribution in [0, 0.1) is 0 Å². The van der Waals surface area contributed by atoms with Gasteiger partial charge in [-0.1, -0.05) is 34.8 Å². The van der Waals surface area contributed by atoms with E-state index in [1.807, 2.05) is 5.53 Å². The number of amidine groups is 1. The van der Waals surface area contributed by atoms with Gasteiger partial charge in [0, 0.05) is 6.08 Å². The number of nitrogens with zero attached hydrogens (tertiary/aromatic N) is 3. The molecule has 1 heterocycles. The Balaban J connectivity index is 2.75. The molecule has 114 valence electrons. The summed E-state index contributed by atoms with van der Waals surface area (Å²) in [6.07, 6.45) is -3.85. The summed E-state index contributed by atoms with van der Waals surface area (Å²) < 4.78 is 39.4. The predicted molar refractivity (Wildman–Crippen MR) is 67.1 cm³/mol. The van der Waals surface area contributed by atoms with Crippen molar-refractivity contribution in [2.45, 2.75) is 9.97 Å². The Kier molecular flexibility index (Phi) is 5.36. The van der Waals surface area contributed by atoms with Crippen LogP contribution < -0.4 is 5.53 Å². The molecule has 1 aliphatic heterocycles. The van der Waals surface area contributed by atoms with E-state index in [0.717, 1.165) is 6.08 Å². The Morgan fingerprint density at radius 3 is 2.50 bits per heavy atom. The normalized spacial score (nSPS) is 16.9. The van der Waals surface area contributed by atoms with E-state index in [2.05, 4.69) is 10.5 Å². The third kappa shape index (κ3) is 4.89. The van der Waals surface area contributed by atoms with Gasteiger partial charge in [0.15, 0.2) is 0 Å². The second-order valence-electron chi connectivity index (χ2n) is 3.37. The maximum Gasteiger partial charge on any atom is 0.411 e. The Bertz CT molecular complexity index is 447. The molecule has 0 atom stereocenters. The fourth-order valence-electron chi connectivity index (χ4n) is 1.000. The summed E-state index contributed by atoms with van der Waals surface area (Å²) in [5, 5.41) is 3.84. The van der Waals surface area contributed by atoms with Crippen molar-refractivity contribution in [3.63, 3.8) is 0 Å². The SMILES string of the molecule is CO/C(=C/C(=O)C(Cl)(Cl)Cl)CN1N=C(C(F)(F)F)[N-]N1. The van der Waals surface area contributed by atoms with Gasteiger partial charge in [0.2, 0.25) is 5.78 Å². The van der Waals surface area contributed by atoms with E-state index < -0.39 is 21.6 Å². The van der Waals surface area contributed by atoms with Gasteiger partial charge in [0.05, 0.1) is 19.5 Å². The van der Waals surface area contributed by atoms with Crippen LogP contribution in [0.25, 0.3) is 5.43 Å². The third-order valence-corrected chi connectivity index (χ3v) is 2.44. The molecular formula is C8H7Cl3F3N4O2-. The van der Waals surface area contributed by atoms with Crippen LogP contribution in [0.1, 0.15) is 0 Å². The molecule has 0 aromatic carbocycles.